The van der Waals surface area contributed by atoms with Crippen molar-refractivity contribution in [1.82, 2.24) is 0 Å². The molecule has 222 valence electrons. The smallest absolute Gasteiger partial charge is 0.306 e. The van der Waals surface area contributed by atoms with E-state index in [4.69, 9.17) is 14.2 Å². The molecule has 0 bridgehead atoms. The van der Waals surface area contributed by atoms with E-state index < -0.39 is 23.4 Å². The first-order valence-corrected chi connectivity index (χ1v) is 14.8. The van der Waals surface area contributed by atoms with Gasteiger partial charge in [-0.3, -0.25) is 14.4 Å². The van der Waals surface area contributed by atoms with Crippen LogP contribution in [0, 0.1) is 34.5 Å². The highest BCUT2D eigenvalue weighted by molar-refractivity contribution is 6.12. The molecule has 1 aliphatic heterocycles. The Hall–Kier alpha value is -2.63. The summed E-state index contributed by atoms with van der Waals surface area (Å²) in [6, 6.07) is 0. The van der Waals surface area contributed by atoms with Crippen LogP contribution >= 0.6 is 0 Å². The van der Waals surface area contributed by atoms with E-state index in [1.54, 1.807) is 7.11 Å². The number of Topliss-reactive ketones (excluding diaryl/α,β-unsaturated/α-hetero) is 2. The molecule has 3 aliphatic rings. The highest BCUT2D eigenvalue weighted by Crippen LogP contribution is 2.61. The standard InChI is InChI=1S/C34H50O6/c1-12-13-23(16-26(35)38-10)27-30-28(29(36)21(6)22(7)40-30)32(39-11)34(31(27)37,15-14-19(2)3)18-24-17-25(20(4)5)33(24,8)9/h14,21-25H,4,12-13,15-18H2,1-3,5-11H3/t21-,22-,23?,24?,25?,34?/m1/s1. The Labute approximate surface area is 241 Å². The van der Waals surface area contributed by atoms with Gasteiger partial charge in [0.15, 0.2) is 11.6 Å². The zero-order chi connectivity index (χ0) is 30.2. The maximum absolute atomic E-state index is 15.1. The highest BCUT2D eigenvalue weighted by atomic mass is 16.5. The van der Waals surface area contributed by atoms with Crippen LogP contribution in [0.3, 0.4) is 0 Å². The third-order valence-electron chi connectivity index (χ3n) is 9.89. The van der Waals surface area contributed by atoms with E-state index >= 15 is 4.79 Å². The van der Waals surface area contributed by atoms with E-state index in [1.165, 1.54) is 7.11 Å². The van der Waals surface area contributed by atoms with E-state index in [0.717, 1.165) is 24.0 Å². The second kappa shape index (κ2) is 12.1. The van der Waals surface area contributed by atoms with Gasteiger partial charge in [0, 0.05) is 11.5 Å². The fourth-order valence-corrected chi connectivity index (χ4v) is 7.12. The molecule has 6 atom stereocenters. The summed E-state index contributed by atoms with van der Waals surface area (Å²) >= 11 is 0. The number of hydrogen-bond acceptors (Lipinski definition) is 6. The predicted octanol–water partition coefficient (Wildman–Crippen LogP) is 7.30. The van der Waals surface area contributed by atoms with E-state index in [1.807, 2.05) is 34.6 Å². The minimum atomic E-state index is -1.08. The molecule has 0 aromatic carbocycles. The minimum Gasteiger partial charge on any atom is -0.499 e. The molecule has 6 nitrogen and oxygen atoms in total. The molecule has 1 saturated carbocycles. The van der Waals surface area contributed by atoms with Gasteiger partial charge < -0.3 is 14.2 Å². The van der Waals surface area contributed by atoms with Crippen LogP contribution in [0.5, 0.6) is 0 Å². The van der Waals surface area contributed by atoms with Crippen LogP contribution in [-0.4, -0.2) is 37.9 Å². The largest absolute Gasteiger partial charge is 0.499 e. The first-order valence-electron chi connectivity index (χ1n) is 14.8. The number of carbonyl (C=O) groups excluding carboxylic acids is 3. The molecule has 6 heteroatoms. The maximum atomic E-state index is 15.1. The summed E-state index contributed by atoms with van der Waals surface area (Å²) in [7, 11) is 2.92. The van der Waals surface area contributed by atoms with Crippen LogP contribution in [-0.2, 0) is 28.6 Å². The number of carbonyl (C=O) groups is 3. The summed E-state index contributed by atoms with van der Waals surface area (Å²) in [5, 5.41) is 0. The van der Waals surface area contributed by atoms with Crippen molar-refractivity contribution < 1.29 is 28.6 Å². The van der Waals surface area contributed by atoms with Gasteiger partial charge in [0.25, 0.3) is 0 Å². The Morgan fingerprint density at radius 2 is 1.82 bits per heavy atom. The van der Waals surface area contributed by atoms with Gasteiger partial charge in [-0.15, -0.1) is 0 Å². The zero-order valence-corrected chi connectivity index (χ0v) is 26.4. The third-order valence-corrected chi connectivity index (χ3v) is 9.89. The molecule has 0 spiro atoms. The molecule has 3 rings (SSSR count). The second-order valence-electron chi connectivity index (χ2n) is 13.1. The Kier molecular flexibility index (Phi) is 9.63. The molecule has 40 heavy (non-hydrogen) atoms. The SMILES string of the molecule is C=C(C)C1CC(CC2(CC=C(C)C)C(=O)C(C(CCC)CC(=O)OC)=C3O[C@H](C)[C@@H](C)C(=O)C3=C2OC)C1(C)C. The molecular formula is C34H50O6. The molecule has 1 heterocycles. The molecule has 2 fully saturated rings. The van der Waals surface area contributed by atoms with Gasteiger partial charge in [-0.25, -0.2) is 0 Å². The fourth-order valence-electron chi connectivity index (χ4n) is 7.12. The van der Waals surface area contributed by atoms with Crippen molar-refractivity contribution in [3.63, 3.8) is 0 Å². The number of methoxy groups -OCH3 is 2. The van der Waals surface area contributed by atoms with Crippen molar-refractivity contribution >= 4 is 17.5 Å². The van der Waals surface area contributed by atoms with Gasteiger partial charge in [-0.2, -0.15) is 0 Å². The number of ketones is 2. The molecule has 0 N–H and O–H groups in total. The van der Waals surface area contributed by atoms with Crippen molar-refractivity contribution in [2.45, 2.75) is 100 Å². The van der Waals surface area contributed by atoms with Crippen LogP contribution in [0.15, 0.2) is 46.5 Å². The number of esters is 1. The van der Waals surface area contributed by atoms with Gasteiger partial charge in [0.1, 0.15) is 17.6 Å². The number of fused-ring (bicyclic) bond motifs is 1. The van der Waals surface area contributed by atoms with Gasteiger partial charge in [-0.05, 0) is 70.6 Å². The van der Waals surface area contributed by atoms with Crippen LogP contribution in [0.2, 0.25) is 0 Å². The van der Waals surface area contributed by atoms with Crippen LogP contribution in [0.25, 0.3) is 0 Å². The minimum absolute atomic E-state index is 0.0529. The van der Waals surface area contributed by atoms with Crippen molar-refractivity contribution in [1.29, 1.82) is 0 Å². The summed E-state index contributed by atoms with van der Waals surface area (Å²) in [6.07, 6.45) is 4.98. The summed E-state index contributed by atoms with van der Waals surface area (Å²) in [6.45, 7) is 20.6. The third kappa shape index (κ3) is 5.47. The van der Waals surface area contributed by atoms with Crippen molar-refractivity contribution in [2.75, 3.05) is 14.2 Å². The van der Waals surface area contributed by atoms with Gasteiger partial charge in [0.2, 0.25) is 0 Å². The summed E-state index contributed by atoms with van der Waals surface area (Å²) in [4.78, 5) is 41.7. The summed E-state index contributed by atoms with van der Waals surface area (Å²) in [5.74, 6) is -0.0496. The van der Waals surface area contributed by atoms with E-state index in [-0.39, 0.29) is 35.3 Å². The molecule has 1 saturated heterocycles. The Morgan fingerprint density at radius 3 is 2.33 bits per heavy atom. The topological polar surface area (TPSA) is 78.9 Å². The predicted molar refractivity (Wildman–Crippen MR) is 157 cm³/mol. The zero-order valence-electron chi connectivity index (χ0n) is 26.4. The highest BCUT2D eigenvalue weighted by Gasteiger charge is 2.59. The van der Waals surface area contributed by atoms with Crippen LogP contribution in [0.4, 0.5) is 0 Å². The first-order chi connectivity index (χ1) is 18.7. The lowest BCUT2D eigenvalue weighted by molar-refractivity contribution is -0.141. The molecule has 2 aliphatic carbocycles. The van der Waals surface area contributed by atoms with Gasteiger partial charge in [0.05, 0.1) is 37.5 Å². The summed E-state index contributed by atoms with van der Waals surface area (Å²) < 4.78 is 17.6. The van der Waals surface area contributed by atoms with Crippen LogP contribution in [0.1, 0.15) is 93.9 Å². The number of hydrogen-bond donors (Lipinski definition) is 0. The van der Waals surface area contributed by atoms with E-state index in [0.29, 0.717) is 47.8 Å². The van der Waals surface area contributed by atoms with E-state index in [2.05, 4.69) is 33.4 Å². The summed E-state index contributed by atoms with van der Waals surface area (Å²) in [5.41, 5.74) is 1.94. The fraction of sp³-hybridized carbons (Fsp3) is 0.676. The monoisotopic (exact) mass is 554 g/mol. The van der Waals surface area contributed by atoms with Gasteiger partial charge in [-0.1, -0.05) is 57.9 Å². The molecule has 0 amide bonds. The van der Waals surface area contributed by atoms with Crippen molar-refractivity contribution in [3.8, 4) is 0 Å². The Balaban J connectivity index is 2.33. The lowest BCUT2D eigenvalue weighted by atomic mass is 9.48. The Morgan fingerprint density at radius 1 is 1.18 bits per heavy atom. The van der Waals surface area contributed by atoms with Crippen molar-refractivity contribution in [3.05, 3.63) is 46.5 Å². The second-order valence-corrected chi connectivity index (χ2v) is 13.1. The normalized spacial score (nSPS) is 30.1. The maximum Gasteiger partial charge on any atom is 0.306 e. The van der Waals surface area contributed by atoms with Crippen molar-refractivity contribution in [2.24, 2.45) is 34.5 Å². The average Bonchev–Trinajstić information content (AvgIpc) is 2.88. The van der Waals surface area contributed by atoms with Crippen LogP contribution < -0.4 is 0 Å². The number of rotatable bonds is 11. The average molecular weight is 555 g/mol. The van der Waals surface area contributed by atoms with Gasteiger partial charge >= 0.3 is 5.97 Å². The Bertz CT molecular complexity index is 1150. The van der Waals surface area contributed by atoms with E-state index in [9.17, 15) is 9.59 Å². The molecule has 4 unspecified atom stereocenters. The quantitative estimate of drug-likeness (QED) is 0.197. The lowest BCUT2D eigenvalue weighted by Gasteiger charge is -2.56. The number of allylic oxidation sites excluding steroid dienone is 6. The molecule has 0 aromatic rings. The first kappa shape index (κ1) is 31.9. The number of ether oxygens (including phenoxy) is 3. The molecule has 0 aromatic heterocycles. The molecule has 0 radical (unpaired) electrons. The molecular weight excluding hydrogens is 504 g/mol. The lowest BCUT2D eigenvalue weighted by Crippen LogP contribution is -2.52.